The highest BCUT2D eigenvalue weighted by molar-refractivity contribution is 5.91. The number of nitrogens with one attached hydrogen (secondary N) is 1. The average molecular weight is 311 g/mol. The summed E-state index contributed by atoms with van der Waals surface area (Å²) in [6.45, 7) is 8.83. The van der Waals surface area contributed by atoms with Gasteiger partial charge in [0.05, 0.1) is 0 Å². The number of aromatic nitrogens is 1. The zero-order chi connectivity index (χ0) is 16.8. The lowest BCUT2D eigenvalue weighted by atomic mass is 9.98. The fourth-order valence-electron chi connectivity index (χ4n) is 2.74. The van der Waals surface area contributed by atoms with Crippen molar-refractivity contribution in [2.45, 2.75) is 53.0 Å². The minimum Gasteiger partial charge on any atom is -0.320 e. The van der Waals surface area contributed by atoms with Gasteiger partial charge in [-0.25, -0.2) is 0 Å². The molecule has 3 heteroatoms. The van der Waals surface area contributed by atoms with Gasteiger partial charge in [0.2, 0.25) is 6.54 Å². The summed E-state index contributed by atoms with van der Waals surface area (Å²) in [5.41, 5.74) is 4.55. The van der Waals surface area contributed by atoms with Crippen molar-refractivity contribution >= 4 is 11.6 Å². The van der Waals surface area contributed by atoms with E-state index in [-0.39, 0.29) is 5.91 Å². The van der Waals surface area contributed by atoms with Crippen molar-refractivity contribution in [1.29, 1.82) is 0 Å². The van der Waals surface area contributed by atoms with E-state index in [2.05, 4.69) is 44.3 Å². The SMILES string of the molecule is CCCc1cc[n+](CC(=O)Nc2c(C)cccc2C(C)C)cc1. The highest BCUT2D eigenvalue weighted by Crippen LogP contribution is 2.27. The second kappa shape index (κ2) is 7.91. The first-order valence-electron chi connectivity index (χ1n) is 8.38. The van der Waals surface area contributed by atoms with Crippen LogP contribution in [0.4, 0.5) is 5.69 Å². The number of nitrogens with zero attached hydrogens (tertiary/aromatic N) is 1. The third-order valence-electron chi connectivity index (χ3n) is 4.02. The van der Waals surface area contributed by atoms with E-state index in [1.54, 1.807) is 0 Å². The van der Waals surface area contributed by atoms with Crippen LogP contribution < -0.4 is 9.88 Å². The van der Waals surface area contributed by atoms with Crippen LogP contribution in [0.2, 0.25) is 0 Å². The molecular weight excluding hydrogens is 284 g/mol. The summed E-state index contributed by atoms with van der Waals surface area (Å²) in [5.74, 6) is 0.389. The Bertz CT molecular complexity index is 660. The molecule has 0 aliphatic heterocycles. The molecule has 122 valence electrons. The van der Waals surface area contributed by atoms with Gasteiger partial charge in [0.15, 0.2) is 12.4 Å². The normalized spacial score (nSPS) is 10.8. The molecule has 1 aromatic carbocycles. The number of amides is 1. The standard InChI is InChI=1S/C20H26N2O/c1-5-7-17-10-12-22(13-11-17)14-19(23)21-20-16(4)8-6-9-18(20)15(2)3/h6,8-13,15H,5,7,14H2,1-4H3/p+1. The number of carbonyl (C=O) groups excluding carboxylic acids is 1. The molecule has 1 N–H and O–H groups in total. The fourth-order valence-corrected chi connectivity index (χ4v) is 2.74. The molecule has 0 atom stereocenters. The van der Waals surface area contributed by atoms with Gasteiger partial charge in [0.25, 0.3) is 5.91 Å². The van der Waals surface area contributed by atoms with Crippen LogP contribution in [-0.2, 0) is 17.8 Å². The molecule has 0 radical (unpaired) electrons. The quantitative estimate of drug-likeness (QED) is 0.804. The maximum atomic E-state index is 12.4. The highest BCUT2D eigenvalue weighted by Gasteiger charge is 2.14. The summed E-state index contributed by atoms with van der Waals surface area (Å²) in [6.07, 6.45) is 6.17. The van der Waals surface area contributed by atoms with E-state index < -0.39 is 0 Å². The summed E-state index contributed by atoms with van der Waals surface area (Å²) < 4.78 is 1.92. The van der Waals surface area contributed by atoms with E-state index in [1.165, 1.54) is 11.1 Å². The highest BCUT2D eigenvalue weighted by atomic mass is 16.1. The van der Waals surface area contributed by atoms with Crippen LogP contribution >= 0.6 is 0 Å². The molecule has 23 heavy (non-hydrogen) atoms. The van der Waals surface area contributed by atoms with Gasteiger partial charge in [0, 0.05) is 17.8 Å². The molecule has 0 unspecified atom stereocenters. The van der Waals surface area contributed by atoms with Crippen LogP contribution in [0.3, 0.4) is 0 Å². The lowest BCUT2D eigenvalue weighted by molar-refractivity contribution is -0.684. The Morgan fingerprint density at radius 2 is 1.87 bits per heavy atom. The van der Waals surface area contributed by atoms with Crippen molar-refractivity contribution in [3.8, 4) is 0 Å². The largest absolute Gasteiger partial charge is 0.320 e. The summed E-state index contributed by atoms with van der Waals surface area (Å²) in [7, 11) is 0. The number of hydrogen-bond donors (Lipinski definition) is 1. The maximum absolute atomic E-state index is 12.4. The Hall–Kier alpha value is -2.16. The summed E-state index contributed by atoms with van der Waals surface area (Å²) in [4.78, 5) is 12.4. The number of hydrogen-bond acceptors (Lipinski definition) is 1. The zero-order valence-electron chi connectivity index (χ0n) is 14.6. The predicted molar refractivity (Wildman–Crippen MR) is 94.5 cm³/mol. The maximum Gasteiger partial charge on any atom is 0.290 e. The second-order valence-corrected chi connectivity index (χ2v) is 6.37. The Kier molecular flexibility index (Phi) is 5.91. The molecule has 0 saturated heterocycles. The summed E-state index contributed by atoms with van der Waals surface area (Å²) in [5, 5.41) is 3.09. The number of aryl methyl sites for hydroxylation is 2. The fraction of sp³-hybridized carbons (Fsp3) is 0.400. The monoisotopic (exact) mass is 311 g/mol. The Labute approximate surface area is 139 Å². The lowest BCUT2D eigenvalue weighted by Crippen LogP contribution is -2.39. The Balaban J connectivity index is 2.08. The number of carbonyl (C=O) groups is 1. The minimum absolute atomic E-state index is 0.00874. The summed E-state index contributed by atoms with van der Waals surface area (Å²) in [6, 6.07) is 10.3. The molecular formula is C20H27N2O+. The predicted octanol–water partition coefficient (Wildman–Crippen LogP) is 4.00. The van der Waals surface area contributed by atoms with Crippen molar-refractivity contribution in [2.24, 2.45) is 0 Å². The van der Waals surface area contributed by atoms with E-state index in [0.717, 1.165) is 24.1 Å². The van der Waals surface area contributed by atoms with E-state index >= 15 is 0 Å². The van der Waals surface area contributed by atoms with Gasteiger partial charge < -0.3 is 5.32 Å². The first kappa shape index (κ1) is 17.2. The molecule has 0 fully saturated rings. The second-order valence-electron chi connectivity index (χ2n) is 6.37. The third kappa shape index (κ3) is 4.65. The molecule has 2 aromatic rings. The first-order valence-corrected chi connectivity index (χ1v) is 8.38. The van der Waals surface area contributed by atoms with E-state index in [9.17, 15) is 4.79 Å². The number of benzene rings is 1. The van der Waals surface area contributed by atoms with Crippen LogP contribution in [0.15, 0.2) is 42.7 Å². The molecule has 1 aromatic heterocycles. The number of rotatable bonds is 6. The van der Waals surface area contributed by atoms with Crippen LogP contribution in [0.25, 0.3) is 0 Å². The van der Waals surface area contributed by atoms with Gasteiger partial charge in [0.1, 0.15) is 0 Å². The average Bonchev–Trinajstić information content (AvgIpc) is 2.51. The van der Waals surface area contributed by atoms with Crippen LogP contribution in [0, 0.1) is 6.92 Å². The molecule has 3 nitrogen and oxygen atoms in total. The van der Waals surface area contributed by atoms with Crippen molar-refractivity contribution in [1.82, 2.24) is 0 Å². The van der Waals surface area contributed by atoms with Gasteiger partial charge in [-0.15, -0.1) is 0 Å². The number of para-hydroxylation sites is 1. The van der Waals surface area contributed by atoms with Gasteiger partial charge >= 0.3 is 0 Å². The third-order valence-corrected chi connectivity index (χ3v) is 4.02. The minimum atomic E-state index is 0.00874. The lowest BCUT2D eigenvalue weighted by Gasteiger charge is -2.15. The first-order chi connectivity index (χ1) is 11.0. The van der Waals surface area contributed by atoms with Crippen LogP contribution in [0.5, 0.6) is 0 Å². The molecule has 0 bridgehead atoms. The van der Waals surface area contributed by atoms with Crippen LogP contribution in [0.1, 0.15) is 49.8 Å². The molecule has 0 spiro atoms. The summed E-state index contributed by atoms with van der Waals surface area (Å²) >= 11 is 0. The number of anilines is 1. The smallest absolute Gasteiger partial charge is 0.290 e. The molecule has 1 heterocycles. The Morgan fingerprint density at radius 3 is 2.48 bits per heavy atom. The van der Waals surface area contributed by atoms with Gasteiger partial charge in [-0.05, 0) is 36.0 Å². The molecule has 0 aliphatic carbocycles. The molecule has 0 aliphatic rings. The van der Waals surface area contributed by atoms with Gasteiger partial charge in [-0.3, -0.25) is 4.79 Å². The topological polar surface area (TPSA) is 33.0 Å². The van der Waals surface area contributed by atoms with Crippen molar-refractivity contribution in [2.75, 3.05) is 5.32 Å². The van der Waals surface area contributed by atoms with E-state index in [0.29, 0.717) is 12.5 Å². The number of pyridine rings is 1. The van der Waals surface area contributed by atoms with Gasteiger partial charge in [-0.1, -0.05) is 45.4 Å². The van der Waals surface area contributed by atoms with Crippen LogP contribution in [-0.4, -0.2) is 5.91 Å². The van der Waals surface area contributed by atoms with E-state index in [1.807, 2.05) is 36.0 Å². The molecule has 1 amide bonds. The van der Waals surface area contributed by atoms with Crippen molar-refractivity contribution in [3.05, 3.63) is 59.4 Å². The molecule has 2 rings (SSSR count). The van der Waals surface area contributed by atoms with E-state index in [4.69, 9.17) is 0 Å². The molecule has 0 saturated carbocycles. The van der Waals surface area contributed by atoms with Crippen molar-refractivity contribution in [3.63, 3.8) is 0 Å². The Morgan fingerprint density at radius 1 is 1.17 bits per heavy atom. The van der Waals surface area contributed by atoms with Gasteiger partial charge in [-0.2, -0.15) is 4.57 Å². The van der Waals surface area contributed by atoms with Crippen molar-refractivity contribution < 1.29 is 9.36 Å². The zero-order valence-corrected chi connectivity index (χ0v) is 14.6.